The van der Waals surface area contributed by atoms with Crippen molar-refractivity contribution in [3.8, 4) is 11.1 Å². The molecule has 3 N–H and O–H groups in total. The Bertz CT molecular complexity index is 764. The van der Waals surface area contributed by atoms with E-state index in [1.54, 1.807) is 19.4 Å². The number of nitrogens with zero attached hydrogens (tertiary/aromatic N) is 2. The summed E-state index contributed by atoms with van der Waals surface area (Å²) in [6.45, 7) is 4.46. The molecule has 1 saturated carbocycles. The second kappa shape index (κ2) is 8.63. The third-order valence-corrected chi connectivity index (χ3v) is 5.39. The standard InChI is InChI=1S/C20H28N4O3/c1-12-4-6-14(7-5-12)19(21)20(25)23-17-9-8-15(10-22-17)18-13(2)27-24-16(18)11-26-3/h8-10,12,14,19H,4-7,11,21H2,1-3H3,(H,22,23,25)/t12?,14?,19-/m0/s1. The summed E-state index contributed by atoms with van der Waals surface area (Å²) in [5.74, 6) is 2.00. The molecule has 1 aliphatic rings. The van der Waals surface area contributed by atoms with Gasteiger partial charge < -0.3 is 20.3 Å². The van der Waals surface area contributed by atoms with Crippen LogP contribution in [0.4, 0.5) is 5.82 Å². The van der Waals surface area contributed by atoms with Crippen LogP contribution < -0.4 is 11.1 Å². The minimum atomic E-state index is -0.493. The van der Waals surface area contributed by atoms with Crippen molar-refractivity contribution in [3.63, 3.8) is 0 Å². The summed E-state index contributed by atoms with van der Waals surface area (Å²) < 4.78 is 10.4. The van der Waals surface area contributed by atoms with Crippen LogP contribution >= 0.6 is 0 Å². The molecule has 0 unspecified atom stereocenters. The molecule has 146 valence electrons. The smallest absolute Gasteiger partial charge is 0.242 e. The Balaban J connectivity index is 1.65. The molecule has 1 atom stereocenters. The highest BCUT2D eigenvalue weighted by molar-refractivity contribution is 5.94. The van der Waals surface area contributed by atoms with E-state index in [4.69, 9.17) is 15.0 Å². The summed E-state index contributed by atoms with van der Waals surface area (Å²) in [7, 11) is 1.61. The lowest BCUT2D eigenvalue weighted by Crippen LogP contribution is -2.43. The molecule has 0 saturated heterocycles. The van der Waals surface area contributed by atoms with E-state index in [9.17, 15) is 4.79 Å². The Morgan fingerprint density at radius 2 is 2.11 bits per heavy atom. The quantitative estimate of drug-likeness (QED) is 0.806. The first-order chi connectivity index (χ1) is 13.0. The van der Waals surface area contributed by atoms with Crippen molar-refractivity contribution in [2.45, 2.75) is 52.2 Å². The number of nitrogens with two attached hydrogens (primary N) is 1. The van der Waals surface area contributed by atoms with Gasteiger partial charge in [-0.2, -0.15) is 0 Å². The summed E-state index contributed by atoms with van der Waals surface area (Å²) in [5, 5.41) is 6.86. The lowest BCUT2D eigenvalue weighted by Gasteiger charge is -2.29. The first kappa shape index (κ1) is 19.5. The minimum absolute atomic E-state index is 0.170. The molecule has 1 amide bonds. The van der Waals surface area contributed by atoms with E-state index < -0.39 is 6.04 Å². The molecule has 0 radical (unpaired) electrons. The van der Waals surface area contributed by atoms with Crippen molar-refractivity contribution in [1.82, 2.24) is 10.1 Å². The van der Waals surface area contributed by atoms with Crippen molar-refractivity contribution < 1.29 is 14.1 Å². The number of pyridine rings is 1. The van der Waals surface area contributed by atoms with E-state index in [0.29, 0.717) is 18.2 Å². The highest BCUT2D eigenvalue weighted by atomic mass is 16.5. The van der Waals surface area contributed by atoms with Crippen molar-refractivity contribution in [1.29, 1.82) is 0 Å². The number of methoxy groups -OCH3 is 1. The van der Waals surface area contributed by atoms with Gasteiger partial charge in [0.15, 0.2) is 0 Å². The average molecular weight is 372 g/mol. The van der Waals surface area contributed by atoms with Gasteiger partial charge in [-0.25, -0.2) is 4.98 Å². The van der Waals surface area contributed by atoms with E-state index in [1.807, 2.05) is 13.0 Å². The second-order valence-electron chi connectivity index (χ2n) is 7.46. The maximum Gasteiger partial charge on any atom is 0.242 e. The van der Waals surface area contributed by atoms with Gasteiger partial charge in [0, 0.05) is 18.9 Å². The lowest BCUT2D eigenvalue weighted by atomic mass is 9.79. The van der Waals surface area contributed by atoms with Gasteiger partial charge in [-0.05, 0) is 43.7 Å². The molecule has 0 aromatic carbocycles. The van der Waals surface area contributed by atoms with Crippen molar-refractivity contribution in [2.24, 2.45) is 17.6 Å². The van der Waals surface area contributed by atoms with Crippen LogP contribution in [0, 0.1) is 18.8 Å². The van der Waals surface area contributed by atoms with Crippen molar-refractivity contribution in [2.75, 3.05) is 12.4 Å². The molecule has 27 heavy (non-hydrogen) atoms. The number of nitrogens with one attached hydrogen (secondary N) is 1. The summed E-state index contributed by atoms with van der Waals surface area (Å²) >= 11 is 0. The Hall–Kier alpha value is -2.25. The van der Waals surface area contributed by atoms with Crippen LogP contribution in [-0.2, 0) is 16.1 Å². The third kappa shape index (κ3) is 4.54. The van der Waals surface area contributed by atoms with Crippen LogP contribution in [-0.4, -0.2) is 29.2 Å². The molecule has 7 nitrogen and oxygen atoms in total. The van der Waals surface area contributed by atoms with Crippen LogP contribution in [0.25, 0.3) is 11.1 Å². The Morgan fingerprint density at radius 3 is 2.74 bits per heavy atom. The number of carbonyl (C=O) groups is 1. The van der Waals surface area contributed by atoms with Crippen LogP contribution in [0.15, 0.2) is 22.9 Å². The predicted molar refractivity (Wildman–Crippen MR) is 103 cm³/mol. The number of hydrogen-bond donors (Lipinski definition) is 2. The van der Waals surface area contributed by atoms with Crippen LogP contribution in [0.3, 0.4) is 0 Å². The summed E-state index contributed by atoms with van der Waals surface area (Å²) in [5.41, 5.74) is 8.65. The Kier molecular flexibility index (Phi) is 6.23. The highest BCUT2D eigenvalue weighted by Crippen LogP contribution is 2.30. The predicted octanol–water partition coefficient (Wildman–Crippen LogP) is 3.28. The molecule has 0 bridgehead atoms. The topological polar surface area (TPSA) is 103 Å². The van der Waals surface area contributed by atoms with Gasteiger partial charge in [-0.15, -0.1) is 0 Å². The number of aromatic nitrogens is 2. The number of carbonyl (C=O) groups excluding carboxylic acids is 1. The molecule has 2 aromatic heterocycles. The highest BCUT2D eigenvalue weighted by Gasteiger charge is 2.28. The fourth-order valence-electron chi connectivity index (χ4n) is 3.71. The lowest BCUT2D eigenvalue weighted by molar-refractivity contribution is -0.118. The molecule has 1 fully saturated rings. The van der Waals surface area contributed by atoms with Gasteiger partial charge in [0.25, 0.3) is 0 Å². The maximum absolute atomic E-state index is 12.5. The fourth-order valence-corrected chi connectivity index (χ4v) is 3.71. The van der Waals surface area contributed by atoms with Gasteiger partial charge in [0.2, 0.25) is 5.91 Å². The Labute approximate surface area is 159 Å². The van der Waals surface area contributed by atoms with Gasteiger partial charge in [-0.3, -0.25) is 4.79 Å². The fraction of sp³-hybridized carbons (Fsp3) is 0.550. The van der Waals surface area contributed by atoms with E-state index in [1.165, 1.54) is 0 Å². The molecular weight excluding hydrogens is 344 g/mol. The van der Waals surface area contributed by atoms with E-state index in [-0.39, 0.29) is 11.8 Å². The summed E-state index contributed by atoms with van der Waals surface area (Å²) in [4.78, 5) is 16.8. The van der Waals surface area contributed by atoms with Crippen LogP contribution in [0.1, 0.15) is 44.1 Å². The van der Waals surface area contributed by atoms with E-state index in [2.05, 4.69) is 22.4 Å². The van der Waals surface area contributed by atoms with Gasteiger partial charge in [-0.1, -0.05) is 24.9 Å². The minimum Gasteiger partial charge on any atom is -0.378 e. The van der Waals surface area contributed by atoms with Crippen LogP contribution in [0.5, 0.6) is 0 Å². The molecule has 2 aromatic rings. The molecule has 0 aliphatic heterocycles. The Morgan fingerprint density at radius 1 is 1.37 bits per heavy atom. The SMILES string of the molecule is COCc1noc(C)c1-c1ccc(NC(=O)[C@@H](N)C2CCC(C)CC2)nc1. The summed E-state index contributed by atoms with van der Waals surface area (Å²) in [6, 6.07) is 3.16. The number of aryl methyl sites for hydroxylation is 1. The van der Waals surface area contributed by atoms with Gasteiger partial charge in [0.1, 0.15) is 17.3 Å². The number of anilines is 1. The monoisotopic (exact) mass is 372 g/mol. The number of amides is 1. The first-order valence-corrected chi connectivity index (χ1v) is 9.46. The van der Waals surface area contributed by atoms with Crippen LogP contribution in [0.2, 0.25) is 0 Å². The average Bonchev–Trinajstić information content (AvgIpc) is 3.03. The van der Waals surface area contributed by atoms with E-state index >= 15 is 0 Å². The van der Waals surface area contributed by atoms with E-state index in [0.717, 1.165) is 48.4 Å². The number of hydrogen-bond acceptors (Lipinski definition) is 6. The second-order valence-corrected chi connectivity index (χ2v) is 7.46. The zero-order valence-corrected chi connectivity index (χ0v) is 16.2. The molecule has 2 heterocycles. The molecule has 0 spiro atoms. The molecular formula is C20H28N4O3. The third-order valence-electron chi connectivity index (χ3n) is 5.39. The zero-order valence-electron chi connectivity index (χ0n) is 16.2. The number of ether oxygens (including phenoxy) is 1. The zero-order chi connectivity index (χ0) is 19.4. The number of rotatable bonds is 6. The van der Waals surface area contributed by atoms with Gasteiger partial charge in [0.05, 0.1) is 18.2 Å². The molecule has 3 rings (SSSR count). The first-order valence-electron chi connectivity index (χ1n) is 9.46. The summed E-state index contributed by atoms with van der Waals surface area (Å²) in [6.07, 6.45) is 6.00. The van der Waals surface area contributed by atoms with Crippen molar-refractivity contribution in [3.05, 3.63) is 29.8 Å². The normalized spacial score (nSPS) is 21.0. The molecule has 1 aliphatic carbocycles. The largest absolute Gasteiger partial charge is 0.378 e. The van der Waals surface area contributed by atoms with Crippen molar-refractivity contribution >= 4 is 11.7 Å². The maximum atomic E-state index is 12.5. The molecule has 7 heteroatoms. The van der Waals surface area contributed by atoms with Gasteiger partial charge >= 0.3 is 0 Å².